The van der Waals surface area contributed by atoms with Gasteiger partial charge >= 0.3 is 0 Å². The fourth-order valence-corrected chi connectivity index (χ4v) is 5.13. The van der Waals surface area contributed by atoms with Crippen LogP contribution in [0.2, 0.25) is 0 Å². The first-order valence-corrected chi connectivity index (χ1v) is 12.1. The lowest BCUT2D eigenvalue weighted by atomic mass is 9.86. The number of hydrogen-bond donors (Lipinski definition) is 0. The molecular formula is C28H35NO5. The standard InChI is InChI=1S/C28H35NO5/c1-31-24-11-10-20(15-25(24)32-2)14-23-22-18-27(34-4)26(33-3)17-21(22)12-13-29(23)28(30)16-19-8-6-5-7-9-19/h10-11,14-15,17-19H,5-9,12-13,16H2,1-4H3/b23-14-. The molecule has 1 amide bonds. The second-order valence-electron chi connectivity index (χ2n) is 9.01. The van der Waals surface area contributed by atoms with E-state index >= 15 is 0 Å². The fraction of sp³-hybridized carbons (Fsp3) is 0.464. The van der Waals surface area contributed by atoms with E-state index in [0.717, 1.165) is 41.6 Å². The van der Waals surface area contributed by atoms with Gasteiger partial charge in [0.1, 0.15) is 0 Å². The van der Waals surface area contributed by atoms with Gasteiger partial charge < -0.3 is 23.8 Å². The van der Waals surface area contributed by atoms with Crippen LogP contribution in [0.1, 0.15) is 55.2 Å². The molecule has 1 saturated carbocycles. The molecular weight excluding hydrogens is 430 g/mol. The normalized spacial score (nSPS) is 17.3. The van der Waals surface area contributed by atoms with Crippen LogP contribution in [-0.2, 0) is 11.2 Å². The minimum absolute atomic E-state index is 0.194. The molecule has 1 aliphatic carbocycles. The van der Waals surface area contributed by atoms with E-state index in [1.807, 2.05) is 35.2 Å². The van der Waals surface area contributed by atoms with Crippen molar-refractivity contribution in [1.82, 2.24) is 4.90 Å². The highest BCUT2D eigenvalue weighted by Gasteiger charge is 2.29. The fourth-order valence-electron chi connectivity index (χ4n) is 5.13. The molecule has 0 atom stereocenters. The summed E-state index contributed by atoms with van der Waals surface area (Å²) in [7, 11) is 6.53. The molecule has 4 rings (SSSR count). The van der Waals surface area contributed by atoms with Gasteiger partial charge in [-0.25, -0.2) is 0 Å². The van der Waals surface area contributed by atoms with Crippen molar-refractivity contribution >= 4 is 17.7 Å². The zero-order valence-electron chi connectivity index (χ0n) is 20.7. The molecule has 0 radical (unpaired) electrons. The van der Waals surface area contributed by atoms with E-state index in [-0.39, 0.29) is 5.91 Å². The Bertz CT molecular complexity index is 1060. The van der Waals surface area contributed by atoms with Crippen LogP contribution in [-0.4, -0.2) is 45.8 Å². The highest BCUT2D eigenvalue weighted by atomic mass is 16.5. The minimum Gasteiger partial charge on any atom is -0.493 e. The third-order valence-electron chi connectivity index (χ3n) is 6.98. The van der Waals surface area contributed by atoms with Gasteiger partial charge in [0.2, 0.25) is 5.91 Å². The summed E-state index contributed by atoms with van der Waals surface area (Å²) in [5, 5.41) is 0. The van der Waals surface area contributed by atoms with E-state index in [4.69, 9.17) is 18.9 Å². The van der Waals surface area contributed by atoms with E-state index in [1.165, 1.54) is 19.3 Å². The summed E-state index contributed by atoms with van der Waals surface area (Å²) in [5.41, 5.74) is 3.96. The van der Waals surface area contributed by atoms with Gasteiger partial charge in [-0.1, -0.05) is 25.3 Å². The first-order valence-electron chi connectivity index (χ1n) is 12.1. The van der Waals surface area contributed by atoms with E-state index in [2.05, 4.69) is 6.08 Å². The van der Waals surface area contributed by atoms with Crippen molar-refractivity contribution in [3.63, 3.8) is 0 Å². The molecule has 0 unspecified atom stereocenters. The van der Waals surface area contributed by atoms with Crippen molar-refractivity contribution in [2.45, 2.75) is 44.9 Å². The molecule has 6 heteroatoms. The number of methoxy groups -OCH3 is 4. The van der Waals surface area contributed by atoms with Crippen LogP contribution in [0.5, 0.6) is 23.0 Å². The molecule has 0 N–H and O–H groups in total. The van der Waals surface area contributed by atoms with Crippen LogP contribution in [0.25, 0.3) is 11.8 Å². The number of carbonyl (C=O) groups excluding carboxylic acids is 1. The maximum Gasteiger partial charge on any atom is 0.227 e. The number of ether oxygens (including phenoxy) is 4. The number of nitrogens with zero attached hydrogens (tertiary/aromatic N) is 1. The maximum absolute atomic E-state index is 13.6. The molecule has 182 valence electrons. The molecule has 2 aromatic carbocycles. The summed E-state index contributed by atoms with van der Waals surface area (Å²) in [5.74, 6) is 3.36. The van der Waals surface area contributed by atoms with Crippen LogP contribution in [0.3, 0.4) is 0 Å². The number of benzene rings is 2. The third-order valence-corrected chi connectivity index (χ3v) is 6.98. The predicted octanol–water partition coefficient (Wildman–Crippen LogP) is 5.57. The predicted molar refractivity (Wildman–Crippen MR) is 134 cm³/mol. The summed E-state index contributed by atoms with van der Waals surface area (Å²) in [6, 6.07) is 9.82. The first kappa shape index (κ1) is 24.0. The lowest BCUT2D eigenvalue weighted by Gasteiger charge is -2.34. The van der Waals surface area contributed by atoms with Crippen LogP contribution in [0.4, 0.5) is 0 Å². The second-order valence-corrected chi connectivity index (χ2v) is 9.01. The molecule has 34 heavy (non-hydrogen) atoms. The van der Waals surface area contributed by atoms with Crippen molar-refractivity contribution in [3.05, 3.63) is 47.0 Å². The quantitative estimate of drug-likeness (QED) is 0.535. The van der Waals surface area contributed by atoms with Crippen molar-refractivity contribution in [2.75, 3.05) is 35.0 Å². The summed E-state index contributed by atoms with van der Waals surface area (Å²) in [6.07, 6.45) is 9.48. The van der Waals surface area contributed by atoms with Gasteiger partial charge in [-0.05, 0) is 66.6 Å². The molecule has 6 nitrogen and oxygen atoms in total. The van der Waals surface area contributed by atoms with Gasteiger partial charge in [-0.3, -0.25) is 4.79 Å². The number of hydrogen-bond acceptors (Lipinski definition) is 5. The molecule has 2 aliphatic rings. The van der Waals surface area contributed by atoms with Gasteiger partial charge in [0.05, 0.1) is 34.1 Å². The Hall–Kier alpha value is -3.15. The van der Waals surface area contributed by atoms with E-state index in [9.17, 15) is 4.79 Å². The molecule has 1 heterocycles. The van der Waals surface area contributed by atoms with E-state index in [1.54, 1.807) is 28.4 Å². The SMILES string of the molecule is COc1ccc(/C=C2/c3cc(OC)c(OC)cc3CCN2C(=O)CC2CCCCC2)cc1OC. The Kier molecular flexibility index (Phi) is 7.66. The second kappa shape index (κ2) is 10.9. The maximum atomic E-state index is 13.6. The Balaban J connectivity index is 1.76. The number of amides is 1. The third kappa shape index (κ3) is 5.01. The molecule has 0 bridgehead atoms. The van der Waals surface area contributed by atoms with Crippen molar-refractivity contribution < 1.29 is 23.7 Å². The monoisotopic (exact) mass is 465 g/mol. The largest absolute Gasteiger partial charge is 0.493 e. The molecule has 1 aliphatic heterocycles. The summed E-state index contributed by atoms with van der Waals surface area (Å²) >= 11 is 0. The van der Waals surface area contributed by atoms with Gasteiger partial charge in [-0.2, -0.15) is 0 Å². The van der Waals surface area contributed by atoms with Crippen molar-refractivity contribution in [1.29, 1.82) is 0 Å². The Morgan fingerprint density at radius 1 is 0.882 bits per heavy atom. The first-order chi connectivity index (χ1) is 16.6. The topological polar surface area (TPSA) is 57.2 Å². The smallest absolute Gasteiger partial charge is 0.227 e. The molecule has 1 fully saturated rings. The number of carbonyl (C=O) groups is 1. The van der Waals surface area contributed by atoms with Gasteiger partial charge in [-0.15, -0.1) is 0 Å². The minimum atomic E-state index is 0.194. The van der Waals surface area contributed by atoms with Gasteiger partial charge in [0.15, 0.2) is 23.0 Å². The summed E-state index contributed by atoms with van der Waals surface area (Å²) in [4.78, 5) is 15.5. The van der Waals surface area contributed by atoms with Gasteiger partial charge in [0, 0.05) is 18.5 Å². The number of rotatable bonds is 7. The Morgan fingerprint density at radius 2 is 1.53 bits per heavy atom. The Morgan fingerprint density at radius 3 is 2.21 bits per heavy atom. The van der Waals surface area contributed by atoms with Crippen molar-refractivity contribution in [3.8, 4) is 23.0 Å². The average molecular weight is 466 g/mol. The molecule has 2 aromatic rings. The van der Waals surface area contributed by atoms with E-state index < -0.39 is 0 Å². The molecule has 0 saturated heterocycles. The van der Waals surface area contributed by atoms with Gasteiger partial charge in [0.25, 0.3) is 0 Å². The van der Waals surface area contributed by atoms with Crippen LogP contribution >= 0.6 is 0 Å². The van der Waals surface area contributed by atoms with Crippen LogP contribution in [0.15, 0.2) is 30.3 Å². The summed E-state index contributed by atoms with van der Waals surface area (Å²) in [6.45, 7) is 0.646. The zero-order valence-corrected chi connectivity index (χ0v) is 20.7. The zero-order chi connectivity index (χ0) is 24.1. The highest BCUT2D eigenvalue weighted by Crippen LogP contribution is 2.40. The lowest BCUT2D eigenvalue weighted by molar-refractivity contribution is -0.129. The lowest BCUT2D eigenvalue weighted by Crippen LogP contribution is -2.36. The van der Waals surface area contributed by atoms with E-state index in [0.29, 0.717) is 41.9 Å². The Labute approximate surface area is 202 Å². The average Bonchev–Trinajstić information content (AvgIpc) is 2.88. The van der Waals surface area contributed by atoms with Crippen LogP contribution < -0.4 is 18.9 Å². The summed E-state index contributed by atoms with van der Waals surface area (Å²) < 4.78 is 22.0. The van der Waals surface area contributed by atoms with Crippen molar-refractivity contribution in [2.24, 2.45) is 5.92 Å². The molecule has 0 aromatic heterocycles. The van der Waals surface area contributed by atoms with Crippen LogP contribution in [0, 0.1) is 5.92 Å². The highest BCUT2D eigenvalue weighted by molar-refractivity contribution is 5.94. The molecule has 0 spiro atoms. The number of fused-ring (bicyclic) bond motifs is 1.